The van der Waals surface area contributed by atoms with Crippen molar-refractivity contribution >= 4 is 22.8 Å². The Hall–Kier alpha value is -2.87. The van der Waals surface area contributed by atoms with E-state index in [0.29, 0.717) is 44.1 Å². The van der Waals surface area contributed by atoms with Gasteiger partial charge in [-0.1, -0.05) is 6.92 Å². The van der Waals surface area contributed by atoms with Crippen molar-refractivity contribution in [1.82, 2.24) is 14.7 Å². The summed E-state index contributed by atoms with van der Waals surface area (Å²) in [5, 5.41) is 0.867. The van der Waals surface area contributed by atoms with Gasteiger partial charge in [0.2, 0.25) is 5.91 Å². The van der Waals surface area contributed by atoms with E-state index in [1.54, 1.807) is 43.0 Å². The molecule has 8 heteroatoms. The molecule has 2 heterocycles. The highest BCUT2D eigenvalue weighted by molar-refractivity contribution is 5.83. The zero-order chi connectivity index (χ0) is 21.8. The molecule has 1 aromatic heterocycles. The second-order valence-electron chi connectivity index (χ2n) is 7.75. The molecule has 30 heavy (non-hydrogen) atoms. The monoisotopic (exact) mass is 415 g/mol. The van der Waals surface area contributed by atoms with Crippen LogP contribution in [0.2, 0.25) is 0 Å². The topological polar surface area (TPSA) is 83.3 Å². The number of fused-ring (bicyclic) bond motifs is 1. The zero-order valence-corrected chi connectivity index (χ0v) is 18.0. The molecule has 1 aromatic carbocycles. The summed E-state index contributed by atoms with van der Waals surface area (Å²) in [6.45, 7) is 6.48. The summed E-state index contributed by atoms with van der Waals surface area (Å²) in [5.74, 6) is 0.438. The Morgan fingerprint density at radius 1 is 1.17 bits per heavy atom. The predicted molar refractivity (Wildman–Crippen MR) is 114 cm³/mol. The smallest absolute Gasteiger partial charge is 0.336 e. The molecule has 1 fully saturated rings. The lowest BCUT2D eigenvalue weighted by atomic mass is 10.1. The van der Waals surface area contributed by atoms with Crippen LogP contribution in [0.5, 0.6) is 5.75 Å². The molecule has 1 atom stereocenters. The van der Waals surface area contributed by atoms with Crippen LogP contribution in [-0.2, 0) is 16.0 Å². The first-order chi connectivity index (χ1) is 14.3. The lowest BCUT2D eigenvalue weighted by Gasteiger charge is -2.35. The molecule has 1 saturated heterocycles. The Kier molecular flexibility index (Phi) is 6.77. The average molecular weight is 415 g/mol. The molecule has 8 nitrogen and oxygen atoms in total. The van der Waals surface area contributed by atoms with Gasteiger partial charge in [-0.15, -0.1) is 0 Å². The first-order valence-electron chi connectivity index (χ1n) is 10.2. The third-order valence-electron chi connectivity index (χ3n) is 5.38. The van der Waals surface area contributed by atoms with Crippen LogP contribution >= 0.6 is 0 Å². The van der Waals surface area contributed by atoms with Gasteiger partial charge < -0.3 is 19.0 Å². The summed E-state index contributed by atoms with van der Waals surface area (Å²) in [7, 11) is 3.48. The molecule has 0 spiro atoms. The lowest BCUT2D eigenvalue weighted by Crippen LogP contribution is -2.53. The SMILES string of the molecule is CCc1cc(=O)oc2cc(OC(C)C(=O)N3CCN(CC(=O)N(C)C)CC3)ccc12. The van der Waals surface area contributed by atoms with Crippen LogP contribution in [0, 0.1) is 0 Å². The summed E-state index contributed by atoms with van der Waals surface area (Å²) in [4.78, 5) is 41.8. The van der Waals surface area contributed by atoms with Gasteiger partial charge in [-0.25, -0.2) is 4.79 Å². The van der Waals surface area contributed by atoms with E-state index in [0.717, 1.165) is 17.4 Å². The van der Waals surface area contributed by atoms with Crippen molar-refractivity contribution in [3.8, 4) is 5.75 Å². The lowest BCUT2D eigenvalue weighted by molar-refractivity contribution is -0.140. The molecule has 1 aliphatic heterocycles. The van der Waals surface area contributed by atoms with Crippen molar-refractivity contribution in [1.29, 1.82) is 0 Å². The second-order valence-corrected chi connectivity index (χ2v) is 7.75. The van der Waals surface area contributed by atoms with Gasteiger partial charge in [0.05, 0.1) is 6.54 Å². The molecular weight excluding hydrogens is 386 g/mol. The maximum Gasteiger partial charge on any atom is 0.336 e. The minimum atomic E-state index is -0.668. The van der Waals surface area contributed by atoms with E-state index in [-0.39, 0.29) is 11.8 Å². The van der Waals surface area contributed by atoms with E-state index in [1.807, 2.05) is 17.9 Å². The summed E-state index contributed by atoms with van der Waals surface area (Å²) in [6.07, 6.45) is 0.0574. The molecule has 3 rings (SSSR count). The van der Waals surface area contributed by atoms with Crippen molar-refractivity contribution in [3.63, 3.8) is 0 Å². The Bertz CT molecular complexity index is 976. The maximum absolute atomic E-state index is 12.8. The molecule has 0 bridgehead atoms. The van der Waals surface area contributed by atoms with Crippen LogP contribution in [0.15, 0.2) is 33.5 Å². The Morgan fingerprint density at radius 3 is 2.50 bits per heavy atom. The largest absolute Gasteiger partial charge is 0.481 e. The third kappa shape index (κ3) is 4.99. The Morgan fingerprint density at radius 2 is 1.87 bits per heavy atom. The van der Waals surface area contributed by atoms with Gasteiger partial charge in [-0.05, 0) is 31.0 Å². The summed E-state index contributed by atoms with van der Waals surface area (Å²) in [5.41, 5.74) is 0.976. The van der Waals surface area contributed by atoms with Gasteiger partial charge in [0.1, 0.15) is 11.3 Å². The Labute approximate surface area is 176 Å². The number of ether oxygens (including phenoxy) is 1. The number of piperazine rings is 1. The number of aryl methyl sites for hydroxylation is 1. The minimum absolute atomic E-state index is 0.0562. The number of amides is 2. The number of benzene rings is 1. The molecule has 1 unspecified atom stereocenters. The van der Waals surface area contributed by atoms with Crippen LogP contribution in [0.25, 0.3) is 11.0 Å². The molecule has 0 N–H and O–H groups in total. The number of hydrogen-bond acceptors (Lipinski definition) is 6. The van der Waals surface area contributed by atoms with Crippen molar-refractivity contribution in [2.24, 2.45) is 0 Å². The summed E-state index contributed by atoms with van der Waals surface area (Å²) in [6, 6.07) is 6.80. The normalized spacial score (nSPS) is 15.8. The van der Waals surface area contributed by atoms with Crippen molar-refractivity contribution in [2.75, 3.05) is 46.8 Å². The summed E-state index contributed by atoms with van der Waals surface area (Å²) < 4.78 is 11.1. The quantitative estimate of drug-likeness (QED) is 0.663. The van der Waals surface area contributed by atoms with Crippen LogP contribution in [-0.4, -0.2) is 79.4 Å². The fourth-order valence-electron chi connectivity index (χ4n) is 3.55. The first-order valence-corrected chi connectivity index (χ1v) is 10.2. The second kappa shape index (κ2) is 9.30. The molecule has 0 saturated carbocycles. The van der Waals surface area contributed by atoms with E-state index in [2.05, 4.69) is 0 Å². The number of hydrogen-bond donors (Lipinski definition) is 0. The van der Waals surface area contributed by atoms with Crippen molar-refractivity contribution in [2.45, 2.75) is 26.4 Å². The van der Waals surface area contributed by atoms with Gasteiger partial charge in [0.25, 0.3) is 5.91 Å². The number of likely N-dealkylation sites (N-methyl/N-ethyl adjacent to an activating group) is 1. The number of carbonyl (C=O) groups excluding carboxylic acids is 2. The number of nitrogens with zero attached hydrogens (tertiary/aromatic N) is 3. The fourth-order valence-corrected chi connectivity index (χ4v) is 3.55. The Balaban J connectivity index is 1.61. The highest BCUT2D eigenvalue weighted by atomic mass is 16.5. The molecule has 1 aliphatic rings. The third-order valence-corrected chi connectivity index (χ3v) is 5.38. The number of carbonyl (C=O) groups is 2. The van der Waals surface area contributed by atoms with Crippen LogP contribution < -0.4 is 10.4 Å². The minimum Gasteiger partial charge on any atom is -0.481 e. The van der Waals surface area contributed by atoms with E-state index in [1.165, 1.54) is 6.07 Å². The molecule has 162 valence electrons. The van der Waals surface area contributed by atoms with Gasteiger partial charge in [0, 0.05) is 57.8 Å². The van der Waals surface area contributed by atoms with Crippen LogP contribution in [0.3, 0.4) is 0 Å². The summed E-state index contributed by atoms with van der Waals surface area (Å²) >= 11 is 0. The standard InChI is InChI=1S/C22H29N3O5/c1-5-16-12-21(27)30-19-13-17(6-7-18(16)19)29-15(2)22(28)25-10-8-24(9-11-25)14-20(26)23(3)4/h6-7,12-13,15H,5,8-11,14H2,1-4H3. The molecular formula is C22H29N3O5. The van der Waals surface area contributed by atoms with Gasteiger partial charge in [0.15, 0.2) is 6.10 Å². The van der Waals surface area contributed by atoms with E-state index < -0.39 is 11.7 Å². The van der Waals surface area contributed by atoms with Crippen LogP contribution in [0.1, 0.15) is 19.4 Å². The predicted octanol–water partition coefficient (Wildman–Crippen LogP) is 1.36. The first kappa shape index (κ1) is 21.8. The maximum atomic E-state index is 12.8. The molecule has 0 aliphatic carbocycles. The van der Waals surface area contributed by atoms with E-state index in [9.17, 15) is 14.4 Å². The van der Waals surface area contributed by atoms with Crippen LogP contribution in [0.4, 0.5) is 0 Å². The van der Waals surface area contributed by atoms with E-state index in [4.69, 9.17) is 9.15 Å². The van der Waals surface area contributed by atoms with Gasteiger partial charge in [-0.3, -0.25) is 14.5 Å². The molecule has 2 amide bonds. The van der Waals surface area contributed by atoms with E-state index >= 15 is 0 Å². The number of rotatable bonds is 6. The van der Waals surface area contributed by atoms with Crippen molar-refractivity contribution < 1.29 is 18.7 Å². The van der Waals surface area contributed by atoms with Crippen molar-refractivity contribution in [3.05, 3.63) is 40.2 Å². The highest BCUT2D eigenvalue weighted by Gasteiger charge is 2.27. The molecule has 2 aromatic rings. The average Bonchev–Trinajstić information content (AvgIpc) is 2.72. The van der Waals surface area contributed by atoms with Gasteiger partial charge in [-0.2, -0.15) is 0 Å². The zero-order valence-electron chi connectivity index (χ0n) is 18.0. The van der Waals surface area contributed by atoms with Gasteiger partial charge >= 0.3 is 5.63 Å². The molecule has 0 radical (unpaired) electrons. The highest BCUT2D eigenvalue weighted by Crippen LogP contribution is 2.24. The fraction of sp³-hybridized carbons (Fsp3) is 0.500.